The number of aldehydes is 1. The van der Waals surface area contributed by atoms with Crippen molar-refractivity contribution >= 4 is 23.5 Å². The first kappa shape index (κ1) is 23.1. The summed E-state index contributed by atoms with van der Waals surface area (Å²) in [5.74, 6) is 0. The van der Waals surface area contributed by atoms with E-state index < -0.39 is 0 Å². The fourth-order valence-electron chi connectivity index (χ4n) is 4.06. The van der Waals surface area contributed by atoms with Gasteiger partial charge in [0.15, 0.2) is 11.9 Å². The van der Waals surface area contributed by atoms with Crippen LogP contribution in [0.1, 0.15) is 28.9 Å². The fraction of sp³-hybridized carbons (Fsp3) is 0.269. The van der Waals surface area contributed by atoms with E-state index in [0.717, 1.165) is 30.0 Å². The molecule has 3 heterocycles. The molecular formula is C26H28ClN5O. The molecule has 5 rings (SSSR count). The number of hydrogen-bond acceptors (Lipinski definition) is 5. The summed E-state index contributed by atoms with van der Waals surface area (Å²) >= 11 is 5.97. The number of hydrogen-bond donors (Lipinski definition) is 1. The SMILES string of the molecule is CN(Cc1ccccc1)C1CCNCC1.O=Cc1ccn2ncc(-c3cccc(Cl)c3)c2n1. The van der Waals surface area contributed by atoms with Crippen molar-refractivity contribution < 1.29 is 4.79 Å². The molecule has 33 heavy (non-hydrogen) atoms. The summed E-state index contributed by atoms with van der Waals surface area (Å²) < 4.78 is 1.63. The van der Waals surface area contributed by atoms with Crippen molar-refractivity contribution in [3.8, 4) is 11.1 Å². The molecule has 1 aliphatic heterocycles. The van der Waals surface area contributed by atoms with Gasteiger partial charge in [-0.1, -0.05) is 54.1 Å². The third kappa shape index (κ3) is 6.05. The molecule has 0 unspecified atom stereocenters. The molecule has 0 aliphatic carbocycles. The topological polar surface area (TPSA) is 62.5 Å². The Labute approximate surface area is 199 Å². The standard InChI is InChI=1S/C13H8ClN3O.C13H20N2/c14-10-3-1-2-9(6-10)12-7-15-17-5-4-11(8-18)16-13(12)17;1-15(13-7-9-14-10-8-13)11-12-5-3-2-4-6-12/h1-8H;2-6,13-14H,7-11H2,1H3. The normalized spacial score (nSPS) is 14.2. The molecule has 2 aromatic carbocycles. The molecule has 2 aromatic heterocycles. The van der Waals surface area contributed by atoms with Gasteiger partial charge in [-0.05, 0) is 62.3 Å². The lowest BCUT2D eigenvalue weighted by Crippen LogP contribution is -2.40. The Morgan fingerprint density at radius 1 is 1.12 bits per heavy atom. The third-order valence-corrected chi connectivity index (χ3v) is 6.09. The molecule has 1 saturated heterocycles. The number of piperidine rings is 1. The number of nitrogens with zero attached hydrogens (tertiary/aromatic N) is 4. The zero-order valence-electron chi connectivity index (χ0n) is 18.7. The van der Waals surface area contributed by atoms with E-state index >= 15 is 0 Å². The maximum Gasteiger partial charge on any atom is 0.168 e. The molecule has 0 spiro atoms. The Kier molecular flexibility index (Phi) is 7.83. The largest absolute Gasteiger partial charge is 0.317 e. The maximum absolute atomic E-state index is 10.8. The lowest BCUT2D eigenvalue weighted by Gasteiger charge is -2.31. The van der Waals surface area contributed by atoms with Gasteiger partial charge in [-0.15, -0.1) is 0 Å². The molecule has 6 nitrogen and oxygen atoms in total. The van der Waals surface area contributed by atoms with E-state index in [1.807, 2.05) is 18.2 Å². The van der Waals surface area contributed by atoms with Crippen LogP contribution in [0.3, 0.4) is 0 Å². The Hall–Kier alpha value is -3.06. The summed E-state index contributed by atoms with van der Waals surface area (Å²) in [6.07, 6.45) is 6.70. The average Bonchev–Trinajstić information content (AvgIpc) is 3.29. The van der Waals surface area contributed by atoms with Crippen molar-refractivity contribution in [2.75, 3.05) is 20.1 Å². The van der Waals surface area contributed by atoms with Gasteiger partial charge in [-0.3, -0.25) is 9.69 Å². The first-order valence-corrected chi connectivity index (χ1v) is 11.5. The van der Waals surface area contributed by atoms with E-state index in [4.69, 9.17) is 11.6 Å². The fourth-order valence-corrected chi connectivity index (χ4v) is 4.25. The summed E-state index contributed by atoms with van der Waals surface area (Å²) in [5.41, 5.74) is 4.21. The monoisotopic (exact) mass is 461 g/mol. The molecular weight excluding hydrogens is 434 g/mol. The number of carbonyl (C=O) groups excluding carboxylic acids is 1. The number of fused-ring (bicyclic) bond motifs is 1. The predicted octanol–water partition coefficient (Wildman–Crippen LogP) is 4.73. The maximum atomic E-state index is 10.8. The van der Waals surface area contributed by atoms with Gasteiger partial charge in [0.05, 0.1) is 6.20 Å². The molecule has 0 saturated carbocycles. The lowest BCUT2D eigenvalue weighted by atomic mass is 10.0. The van der Waals surface area contributed by atoms with Crippen LogP contribution in [-0.4, -0.2) is 52.0 Å². The number of rotatable bonds is 5. The van der Waals surface area contributed by atoms with Crippen molar-refractivity contribution in [1.29, 1.82) is 0 Å². The summed E-state index contributed by atoms with van der Waals surface area (Å²) in [6, 6.07) is 20.5. The van der Waals surface area contributed by atoms with E-state index in [9.17, 15) is 4.79 Å². The summed E-state index contributed by atoms with van der Waals surface area (Å²) in [7, 11) is 2.24. The zero-order chi connectivity index (χ0) is 23.0. The molecule has 7 heteroatoms. The lowest BCUT2D eigenvalue weighted by molar-refractivity contribution is 0.111. The van der Waals surface area contributed by atoms with E-state index in [0.29, 0.717) is 16.4 Å². The van der Waals surface area contributed by atoms with Crippen LogP contribution in [0.2, 0.25) is 5.02 Å². The Morgan fingerprint density at radius 2 is 1.91 bits per heavy atom. The molecule has 0 radical (unpaired) electrons. The molecule has 1 N–H and O–H groups in total. The van der Waals surface area contributed by atoms with Crippen LogP contribution in [0, 0.1) is 0 Å². The highest BCUT2D eigenvalue weighted by Crippen LogP contribution is 2.25. The zero-order valence-corrected chi connectivity index (χ0v) is 19.4. The van der Waals surface area contributed by atoms with Crippen molar-refractivity contribution in [3.63, 3.8) is 0 Å². The smallest absolute Gasteiger partial charge is 0.168 e. The highest BCUT2D eigenvalue weighted by molar-refractivity contribution is 6.30. The Balaban J connectivity index is 0.000000160. The third-order valence-electron chi connectivity index (χ3n) is 5.85. The number of nitrogens with one attached hydrogen (secondary N) is 1. The Bertz CT molecular complexity index is 1190. The van der Waals surface area contributed by atoms with Crippen molar-refractivity contribution in [3.05, 3.63) is 89.3 Å². The minimum atomic E-state index is 0.381. The second kappa shape index (κ2) is 11.2. The minimum Gasteiger partial charge on any atom is -0.317 e. The minimum absolute atomic E-state index is 0.381. The van der Waals surface area contributed by atoms with Gasteiger partial charge >= 0.3 is 0 Å². The second-order valence-electron chi connectivity index (χ2n) is 8.19. The number of benzene rings is 2. The molecule has 1 aliphatic rings. The quantitative estimate of drug-likeness (QED) is 0.435. The van der Waals surface area contributed by atoms with E-state index in [-0.39, 0.29) is 0 Å². The van der Waals surface area contributed by atoms with Gasteiger partial charge < -0.3 is 5.32 Å². The number of aromatic nitrogens is 3. The van der Waals surface area contributed by atoms with E-state index in [1.165, 1.54) is 31.5 Å². The molecule has 4 aromatic rings. The average molecular weight is 462 g/mol. The predicted molar refractivity (Wildman–Crippen MR) is 133 cm³/mol. The van der Waals surface area contributed by atoms with Gasteiger partial charge in [0.2, 0.25) is 0 Å². The van der Waals surface area contributed by atoms with Gasteiger partial charge in [-0.25, -0.2) is 9.50 Å². The summed E-state index contributed by atoms with van der Waals surface area (Å²) in [4.78, 5) is 17.5. The molecule has 0 atom stereocenters. The molecule has 170 valence electrons. The molecule has 0 amide bonds. The van der Waals surface area contributed by atoms with Crippen LogP contribution in [0.15, 0.2) is 73.1 Å². The van der Waals surface area contributed by atoms with Crippen LogP contribution in [-0.2, 0) is 6.54 Å². The van der Waals surface area contributed by atoms with Gasteiger partial charge in [0.25, 0.3) is 0 Å². The first-order chi connectivity index (χ1) is 16.1. The molecule has 0 bridgehead atoms. The van der Waals surface area contributed by atoms with Crippen LogP contribution >= 0.6 is 11.6 Å². The van der Waals surface area contributed by atoms with Crippen LogP contribution in [0.25, 0.3) is 16.8 Å². The highest BCUT2D eigenvalue weighted by atomic mass is 35.5. The number of halogens is 1. The van der Waals surface area contributed by atoms with Crippen molar-refractivity contribution in [1.82, 2.24) is 24.8 Å². The van der Waals surface area contributed by atoms with Crippen molar-refractivity contribution in [2.24, 2.45) is 0 Å². The van der Waals surface area contributed by atoms with Crippen LogP contribution in [0.5, 0.6) is 0 Å². The summed E-state index contributed by atoms with van der Waals surface area (Å²) in [6.45, 7) is 3.42. The highest BCUT2D eigenvalue weighted by Gasteiger charge is 2.17. The van der Waals surface area contributed by atoms with Gasteiger partial charge in [0, 0.05) is 29.4 Å². The Morgan fingerprint density at radius 3 is 2.64 bits per heavy atom. The van der Waals surface area contributed by atoms with Crippen molar-refractivity contribution in [2.45, 2.75) is 25.4 Å². The van der Waals surface area contributed by atoms with Crippen LogP contribution < -0.4 is 5.32 Å². The first-order valence-electron chi connectivity index (χ1n) is 11.1. The van der Waals surface area contributed by atoms with Gasteiger partial charge in [-0.2, -0.15) is 5.10 Å². The molecule has 1 fully saturated rings. The van der Waals surface area contributed by atoms with Gasteiger partial charge in [0.1, 0.15) is 5.69 Å². The van der Waals surface area contributed by atoms with E-state index in [1.54, 1.807) is 29.0 Å². The summed E-state index contributed by atoms with van der Waals surface area (Å²) in [5, 5.41) is 8.25. The number of carbonyl (C=O) groups is 1. The van der Waals surface area contributed by atoms with Crippen LogP contribution in [0.4, 0.5) is 0 Å². The van der Waals surface area contributed by atoms with E-state index in [2.05, 4.69) is 57.7 Å². The second-order valence-corrected chi connectivity index (χ2v) is 8.63.